The Balaban J connectivity index is 2.11. The quantitative estimate of drug-likeness (QED) is 0.420. The van der Waals surface area contributed by atoms with Gasteiger partial charge in [-0.15, -0.1) is 0 Å². The van der Waals surface area contributed by atoms with Crippen LogP contribution in [0.4, 0.5) is 10.5 Å². The van der Waals surface area contributed by atoms with Crippen LogP contribution in [0.3, 0.4) is 0 Å². The summed E-state index contributed by atoms with van der Waals surface area (Å²) in [6.45, 7) is 1.50. The Hall–Kier alpha value is -3.35. The predicted octanol–water partition coefficient (Wildman–Crippen LogP) is 2.70. The van der Waals surface area contributed by atoms with Crippen LogP contribution in [-0.4, -0.2) is 30.5 Å². The first-order chi connectivity index (χ1) is 13.4. The fraction of sp³-hybridized carbons (Fsp3) is 0.250. The lowest BCUT2D eigenvalue weighted by Gasteiger charge is -2.17. The molecule has 0 saturated carbocycles. The number of Topliss-reactive ketones (excluding diaryl/α,β-unsaturated/α-hetero) is 1. The Morgan fingerprint density at radius 2 is 1.74 bits per heavy atom. The molecule has 0 aliphatic carbocycles. The SMILES string of the molecule is [2H][C@@](CC(=O)c1ccccc1N)(NC(=O)OCc1ccccc1)C(=O)OCC. The van der Waals surface area contributed by atoms with Crippen molar-refractivity contribution in [2.75, 3.05) is 12.3 Å². The molecule has 0 aromatic heterocycles. The van der Waals surface area contributed by atoms with Gasteiger partial charge in [0, 0.05) is 17.7 Å². The van der Waals surface area contributed by atoms with Crippen LogP contribution in [0.5, 0.6) is 0 Å². The number of benzene rings is 2. The number of anilines is 1. The number of ketones is 1. The molecule has 2 aromatic rings. The summed E-state index contributed by atoms with van der Waals surface area (Å²) in [5.41, 5.74) is 6.88. The Kier molecular flexibility index (Phi) is 6.80. The molecule has 7 nitrogen and oxygen atoms in total. The number of para-hydroxylation sites is 1. The van der Waals surface area contributed by atoms with Crippen molar-refractivity contribution in [2.24, 2.45) is 0 Å². The van der Waals surface area contributed by atoms with Gasteiger partial charge in [-0.2, -0.15) is 0 Å². The molecule has 0 spiro atoms. The predicted molar refractivity (Wildman–Crippen MR) is 100.0 cm³/mol. The highest BCUT2D eigenvalue weighted by molar-refractivity contribution is 6.03. The van der Waals surface area contributed by atoms with Gasteiger partial charge in [0.15, 0.2) is 5.78 Å². The Labute approximate surface area is 158 Å². The summed E-state index contributed by atoms with van der Waals surface area (Å²) in [4.78, 5) is 36.9. The molecule has 0 aliphatic rings. The summed E-state index contributed by atoms with van der Waals surface area (Å²) in [6.07, 6.45) is -1.67. The minimum atomic E-state index is -2.34. The number of nitrogens with one attached hydrogen (secondary N) is 1. The number of ether oxygens (including phenoxy) is 2. The van der Waals surface area contributed by atoms with Gasteiger partial charge in [0.25, 0.3) is 0 Å². The van der Waals surface area contributed by atoms with E-state index in [0.29, 0.717) is 0 Å². The van der Waals surface area contributed by atoms with E-state index in [-0.39, 0.29) is 24.5 Å². The maximum atomic E-state index is 12.6. The van der Waals surface area contributed by atoms with E-state index in [9.17, 15) is 14.4 Å². The molecule has 0 heterocycles. The van der Waals surface area contributed by atoms with Crippen LogP contribution in [0.15, 0.2) is 54.6 Å². The van der Waals surface area contributed by atoms with Crippen molar-refractivity contribution in [1.82, 2.24) is 5.32 Å². The third-order valence-corrected chi connectivity index (χ3v) is 3.59. The van der Waals surface area contributed by atoms with E-state index in [1.165, 1.54) is 12.1 Å². The van der Waals surface area contributed by atoms with Gasteiger partial charge in [-0.25, -0.2) is 9.59 Å². The van der Waals surface area contributed by atoms with Gasteiger partial charge in [-0.1, -0.05) is 42.5 Å². The number of carbonyl (C=O) groups is 3. The Bertz CT molecular complexity index is 843. The molecular formula is C20H22N2O5. The van der Waals surface area contributed by atoms with E-state index in [4.69, 9.17) is 16.6 Å². The average Bonchev–Trinajstić information content (AvgIpc) is 2.67. The van der Waals surface area contributed by atoms with Crippen molar-refractivity contribution in [3.05, 3.63) is 65.7 Å². The van der Waals surface area contributed by atoms with Crippen molar-refractivity contribution in [1.29, 1.82) is 0 Å². The number of rotatable bonds is 8. The first-order valence-electron chi connectivity index (χ1n) is 8.89. The zero-order chi connectivity index (χ0) is 20.6. The third kappa shape index (κ3) is 6.14. The van der Waals surface area contributed by atoms with Crippen molar-refractivity contribution in [3.8, 4) is 0 Å². The molecule has 3 N–H and O–H groups in total. The van der Waals surface area contributed by atoms with E-state index in [2.05, 4.69) is 5.32 Å². The highest BCUT2D eigenvalue weighted by atomic mass is 16.6. The van der Waals surface area contributed by atoms with Gasteiger partial charge in [0.2, 0.25) is 0 Å². The summed E-state index contributed by atoms with van der Waals surface area (Å²) < 4.78 is 18.3. The van der Waals surface area contributed by atoms with Gasteiger partial charge >= 0.3 is 12.1 Å². The fourth-order valence-corrected chi connectivity index (χ4v) is 2.27. The molecule has 27 heavy (non-hydrogen) atoms. The molecule has 2 rings (SSSR count). The smallest absolute Gasteiger partial charge is 0.408 e. The number of hydrogen-bond donors (Lipinski definition) is 2. The first kappa shape index (κ1) is 18.4. The highest BCUT2D eigenvalue weighted by Crippen LogP contribution is 2.14. The summed E-state index contributed by atoms with van der Waals surface area (Å²) in [7, 11) is 0. The van der Waals surface area contributed by atoms with Crippen molar-refractivity contribution >= 4 is 23.5 Å². The summed E-state index contributed by atoms with van der Waals surface area (Å²) in [5.74, 6) is -1.64. The number of carbonyl (C=O) groups excluding carboxylic acids is 3. The zero-order valence-corrected chi connectivity index (χ0v) is 14.9. The van der Waals surface area contributed by atoms with E-state index in [1.807, 2.05) is 6.07 Å². The van der Waals surface area contributed by atoms with Crippen LogP contribution < -0.4 is 11.1 Å². The van der Waals surface area contributed by atoms with Crippen LogP contribution in [0.25, 0.3) is 0 Å². The molecule has 0 bridgehead atoms. The second kappa shape index (κ2) is 9.96. The summed E-state index contributed by atoms with van der Waals surface area (Å²) in [5, 5.41) is 2.14. The van der Waals surface area contributed by atoms with Crippen LogP contribution in [0.2, 0.25) is 0 Å². The topological polar surface area (TPSA) is 108 Å². The van der Waals surface area contributed by atoms with Gasteiger partial charge in [-0.05, 0) is 24.6 Å². The zero-order valence-electron chi connectivity index (χ0n) is 15.9. The molecular weight excluding hydrogens is 348 g/mol. The molecule has 0 unspecified atom stereocenters. The van der Waals surface area contributed by atoms with Gasteiger partial charge in [-0.3, -0.25) is 4.79 Å². The minimum Gasteiger partial charge on any atom is -0.464 e. The van der Waals surface area contributed by atoms with Crippen molar-refractivity contribution in [2.45, 2.75) is 26.0 Å². The molecule has 7 heteroatoms. The summed E-state index contributed by atoms with van der Waals surface area (Å²) >= 11 is 0. The number of amides is 1. The van der Waals surface area contributed by atoms with Crippen LogP contribution in [0.1, 0.15) is 30.6 Å². The highest BCUT2D eigenvalue weighted by Gasteiger charge is 2.27. The lowest BCUT2D eigenvalue weighted by atomic mass is 10.0. The number of esters is 1. The maximum absolute atomic E-state index is 12.6. The number of nitrogens with two attached hydrogens (primary N) is 1. The molecule has 0 aliphatic heterocycles. The Morgan fingerprint density at radius 1 is 1.07 bits per heavy atom. The molecule has 1 atom stereocenters. The third-order valence-electron chi connectivity index (χ3n) is 3.59. The second-order valence-corrected chi connectivity index (χ2v) is 5.57. The standard InChI is InChI=1S/C20H22N2O5/c1-2-26-19(24)17(12-18(23)15-10-6-7-11-16(15)21)22-20(25)27-13-14-8-4-3-5-9-14/h3-11,17H,2,12-13,21H2,1H3,(H,22,25)/t17-/m0/s1/i17D. The second-order valence-electron chi connectivity index (χ2n) is 5.57. The monoisotopic (exact) mass is 371 g/mol. The van der Waals surface area contributed by atoms with E-state index in [1.54, 1.807) is 43.3 Å². The van der Waals surface area contributed by atoms with Gasteiger partial charge in [0.1, 0.15) is 12.6 Å². The lowest BCUT2D eigenvalue weighted by Crippen LogP contribution is -2.43. The number of alkyl carbamates (subject to hydrolysis) is 1. The molecule has 2 aromatic carbocycles. The van der Waals surface area contributed by atoms with Crippen LogP contribution >= 0.6 is 0 Å². The van der Waals surface area contributed by atoms with E-state index in [0.717, 1.165) is 5.56 Å². The minimum absolute atomic E-state index is 0.0120. The average molecular weight is 371 g/mol. The van der Waals surface area contributed by atoms with Gasteiger partial charge < -0.3 is 20.5 Å². The Morgan fingerprint density at radius 3 is 2.41 bits per heavy atom. The molecule has 0 saturated heterocycles. The summed E-state index contributed by atoms with van der Waals surface area (Å²) in [6, 6.07) is 12.8. The van der Waals surface area contributed by atoms with E-state index >= 15 is 0 Å². The maximum Gasteiger partial charge on any atom is 0.408 e. The van der Waals surface area contributed by atoms with Crippen LogP contribution in [0, 0.1) is 0 Å². The molecule has 142 valence electrons. The fourth-order valence-electron chi connectivity index (χ4n) is 2.27. The van der Waals surface area contributed by atoms with Crippen LogP contribution in [-0.2, 0) is 20.9 Å². The van der Waals surface area contributed by atoms with Crippen molar-refractivity contribution in [3.63, 3.8) is 0 Å². The van der Waals surface area contributed by atoms with Crippen molar-refractivity contribution < 1.29 is 25.2 Å². The molecule has 0 radical (unpaired) electrons. The molecule has 0 fully saturated rings. The lowest BCUT2D eigenvalue weighted by molar-refractivity contribution is -0.145. The first-order valence-corrected chi connectivity index (χ1v) is 8.39. The number of nitrogen functional groups attached to an aromatic ring is 1. The largest absolute Gasteiger partial charge is 0.464 e. The number of hydrogen-bond acceptors (Lipinski definition) is 6. The van der Waals surface area contributed by atoms with Gasteiger partial charge in [0.05, 0.1) is 7.98 Å². The molecule has 1 amide bonds. The normalized spacial score (nSPS) is 13.0. The van der Waals surface area contributed by atoms with E-state index < -0.39 is 30.3 Å².